The summed E-state index contributed by atoms with van der Waals surface area (Å²) in [6.45, 7) is 2.66. The summed E-state index contributed by atoms with van der Waals surface area (Å²) in [6.07, 6.45) is 0. The van der Waals surface area contributed by atoms with Crippen molar-refractivity contribution in [2.45, 2.75) is 13.5 Å². The molecule has 0 amide bonds. The Morgan fingerprint density at radius 2 is 2.24 bits per heavy atom. The molecule has 0 atom stereocenters. The van der Waals surface area contributed by atoms with E-state index in [4.69, 9.17) is 5.73 Å². The van der Waals surface area contributed by atoms with Crippen LogP contribution in [0, 0.1) is 6.92 Å². The van der Waals surface area contributed by atoms with Crippen LogP contribution in [0.4, 0.5) is 0 Å². The summed E-state index contributed by atoms with van der Waals surface area (Å²) >= 11 is 1.70. The minimum atomic E-state index is 0.557. The number of fused-ring (bicyclic) bond motifs is 1. The molecule has 3 rings (SSSR count). The Balaban J connectivity index is 2.17. The zero-order chi connectivity index (χ0) is 11.8. The summed E-state index contributed by atoms with van der Waals surface area (Å²) in [5.74, 6) is 0.938. The lowest BCUT2D eigenvalue weighted by Crippen LogP contribution is -1.95. The van der Waals surface area contributed by atoms with E-state index in [1.54, 1.807) is 11.3 Å². The van der Waals surface area contributed by atoms with E-state index in [1.165, 1.54) is 11.1 Å². The second-order valence-corrected chi connectivity index (χ2v) is 4.85. The molecule has 4 heteroatoms. The van der Waals surface area contributed by atoms with Gasteiger partial charge >= 0.3 is 0 Å². The summed E-state index contributed by atoms with van der Waals surface area (Å²) in [7, 11) is 0. The van der Waals surface area contributed by atoms with Crippen molar-refractivity contribution in [3.8, 4) is 11.4 Å². The van der Waals surface area contributed by atoms with E-state index in [1.807, 2.05) is 12.1 Å². The molecule has 2 aromatic heterocycles. The van der Waals surface area contributed by atoms with Crippen LogP contribution in [0.3, 0.4) is 0 Å². The summed E-state index contributed by atoms with van der Waals surface area (Å²) < 4.78 is 0. The van der Waals surface area contributed by atoms with Crippen molar-refractivity contribution in [3.63, 3.8) is 0 Å². The maximum Gasteiger partial charge on any atom is 0.139 e. The average Bonchev–Trinajstić information content (AvgIpc) is 2.93. The van der Waals surface area contributed by atoms with E-state index in [9.17, 15) is 0 Å². The summed E-state index contributed by atoms with van der Waals surface area (Å²) in [5.41, 5.74) is 11.2. The van der Waals surface area contributed by atoms with E-state index in [0.717, 1.165) is 22.4 Å². The lowest BCUT2D eigenvalue weighted by Gasteiger charge is -1.94. The van der Waals surface area contributed by atoms with Gasteiger partial charge < -0.3 is 10.7 Å². The van der Waals surface area contributed by atoms with Gasteiger partial charge in [-0.1, -0.05) is 6.07 Å². The Labute approximate surface area is 103 Å². The SMILES string of the molecule is Cc1cscc1-c1nc2ccc(CN)cc2[nH]1. The number of H-pyrrole nitrogens is 1. The predicted octanol–water partition coefficient (Wildman–Crippen LogP) is 3.06. The van der Waals surface area contributed by atoms with Gasteiger partial charge in [-0.25, -0.2) is 4.98 Å². The second-order valence-electron chi connectivity index (χ2n) is 4.11. The van der Waals surface area contributed by atoms with Gasteiger partial charge in [-0.15, -0.1) is 0 Å². The zero-order valence-electron chi connectivity index (χ0n) is 9.53. The van der Waals surface area contributed by atoms with Gasteiger partial charge in [-0.05, 0) is 35.6 Å². The molecule has 0 bridgehead atoms. The van der Waals surface area contributed by atoms with Gasteiger partial charge in [0, 0.05) is 17.5 Å². The zero-order valence-corrected chi connectivity index (χ0v) is 10.3. The molecule has 0 aliphatic rings. The lowest BCUT2D eigenvalue weighted by atomic mass is 10.2. The third-order valence-corrected chi connectivity index (χ3v) is 3.75. The van der Waals surface area contributed by atoms with Crippen LogP contribution in [0.15, 0.2) is 29.0 Å². The normalized spacial score (nSPS) is 11.2. The molecule has 86 valence electrons. The summed E-state index contributed by atoms with van der Waals surface area (Å²) in [4.78, 5) is 7.96. The highest BCUT2D eigenvalue weighted by Crippen LogP contribution is 2.26. The van der Waals surface area contributed by atoms with Crippen LogP contribution in [0.1, 0.15) is 11.1 Å². The van der Waals surface area contributed by atoms with Gasteiger partial charge in [-0.3, -0.25) is 0 Å². The molecule has 0 unspecified atom stereocenters. The predicted molar refractivity (Wildman–Crippen MR) is 72.0 cm³/mol. The fourth-order valence-corrected chi connectivity index (χ4v) is 2.75. The highest BCUT2D eigenvalue weighted by molar-refractivity contribution is 7.08. The fraction of sp³-hybridized carbons (Fsp3) is 0.154. The first-order valence-electron chi connectivity index (χ1n) is 5.50. The maximum atomic E-state index is 5.63. The molecule has 0 aliphatic heterocycles. The van der Waals surface area contributed by atoms with Crippen LogP contribution in [0.5, 0.6) is 0 Å². The van der Waals surface area contributed by atoms with Crippen LogP contribution in [0.25, 0.3) is 22.4 Å². The Kier molecular flexibility index (Phi) is 2.46. The number of hydrogen-bond donors (Lipinski definition) is 2. The number of aryl methyl sites for hydroxylation is 1. The number of nitrogens with one attached hydrogen (secondary N) is 1. The van der Waals surface area contributed by atoms with Gasteiger partial charge in [-0.2, -0.15) is 11.3 Å². The fourth-order valence-electron chi connectivity index (χ4n) is 1.91. The Hall–Kier alpha value is -1.65. The van der Waals surface area contributed by atoms with Crippen LogP contribution < -0.4 is 5.73 Å². The molecule has 0 fully saturated rings. The van der Waals surface area contributed by atoms with Crippen molar-refractivity contribution in [2.75, 3.05) is 0 Å². The first-order valence-corrected chi connectivity index (χ1v) is 6.44. The molecule has 3 nitrogen and oxygen atoms in total. The van der Waals surface area contributed by atoms with Gasteiger partial charge in [0.15, 0.2) is 0 Å². The molecular formula is C13H13N3S. The average molecular weight is 243 g/mol. The minimum Gasteiger partial charge on any atom is -0.338 e. The van der Waals surface area contributed by atoms with E-state index in [2.05, 4.69) is 33.7 Å². The number of benzene rings is 1. The van der Waals surface area contributed by atoms with E-state index >= 15 is 0 Å². The number of nitrogens with two attached hydrogens (primary N) is 1. The third kappa shape index (κ3) is 1.75. The van der Waals surface area contributed by atoms with Crippen molar-refractivity contribution in [1.82, 2.24) is 9.97 Å². The molecule has 3 aromatic rings. The minimum absolute atomic E-state index is 0.557. The van der Waals surface area contributed by atoms with Gasteiger partial charge in [0.1, 0.15) is 5.82 Å². The first-order chi connectivity index (χ1) is 8.28. The standard InChI is InChI=1S/C13H13N3S/c1-8-6-17-7-10(8)13-15-11-3-2-9(5-14)4-12(11)16-13/h2-4,6-7H,5,14H2,1H3,(H,15,16). The number of aromatic nitrogens is 2. The molecule has 0 aliphatic carbocycles. The molecule has 0 radical (unpaired) electrons. The molecule has 0 saturated heterocycles. The lowest BCUT2D eigenvalue weighted by molar-refractivity contribution is 1.07. The molecular weight excluding hydrogens is 230 g/mol. The molecule has 3 N–H and O–H groups in total. The Morgan fingerprint density at radius 3 is 2.94 bits per heavy atom. The number of rotatable bonds is 2. The second kappa shape index (κ2) is 3.98. The largest absolute Gasteiger partial charge is 0.338 e. The van der Waals surface area contributed by atoms with E-state index in [-0.39, 0.29) is 0 Å². The number of hydrogen-bond acceptors (Lipinski definition) is 3. The van der Waals surface area contributed by atoms with Crippen molar-refractivity contribution < 1.29 is 0 Å². The summed E-state index contributed by atoms with van der Waals surface area (Å²) in [6, 6.07) is 6.10. The molecule has 0 saturated carbocycles. The summed E-state index contributed by atoms with van der Waals surface area (Å²) in [5, 5.41) is 4.25. The van der Waals surface area contributed by atoms with Gasteiger partial charge in [0.2, 0.25) is 0 Å². The monoisotopic (exact) mass is 243 g/mol. The number of nitrogens with zero attached hydrogens (tertiary/aromatic N) is 1. The van der Waals surface area contributed by atoms with Crippen molar-refractivity contribution in [2.24, 2.45) is 5.73 Å². The van der Waals surface area contributed by atoms with Crippen LogP contribution >= 0.6 is 11.3 Å². The van der Waals surface area contributed by atoms with E-state index < -0.39 is 0 Å². The van der Waals surface area contributed by atoms with E-state index in [0.29, 0.717) is 6.54 Å². The van der Waals surface area contributed by atoms with Gasteiger partial charge in [0.25, 0.3) is 0 Å². The van der Waals surface area contributed by atoms with Crippen LogP contribution in [-0.2, 0) is 6.54 Å². The van der Waals surface area contributed by atoms with Crippen molar-refractivity contribution in [1.29, 1.82) is 0 Å². The Morgan fingerprint density at radius 1 is 1.35 bits per heavy atom. The number of thiophene rings is 1. The van der Waals surface area contributed by atoms with Crippen LogP contribution in [0.2, 0.25) is 0 Å². The number of imidazole rings is 1. The van der Waals surface area contributed by atoms with Crippen molar-refractivity contribution >= 4 is 22.4 Å². The molecule has 2 heterocycles. The molecule has 1 aromatic carbocycles. The quantitative estimate of drug-likeness (QED) is 0.726. The maximum absolute atomic E-state index is 5.63. The topological polar surface area (TPSA) is 54.7 Å². The molecule has 17 heavy (non-hydrogen) atoms. The van der Waals surface area contributed by atoms with Gasteiger partial charge in [0.05, 0.1) is 11.0 Å². The highest BCUT2D eigenvalue weighted by Gasteiger charge is 2.08. The number of aromatic amines is 1. The highest BCUT2D eigenvalue weighted by atomic mass is 32.1. The molecule has 0 spiro atoms. The van der Waals surface area contributed by atoms with Crippen molar-refractivity contribution in [3.05, 3.63) is 40.1 Å². The third-order valence-electron chi connectivity index (χ3n) is 2.89. The Bertz CT molecular complexity index is 666. The smallest absolute Gasteiger partial charge is 0.139 e. The first kappa shape index (κ1) is 10.5. The van der Waals surface area contributed by atoms with Crippen LogP contribution in [-0.4, -0.2) is 9.97 Å².